The van der Waals surface area contributed by atoms with Crippen LogP contribution in [0.5, 0.6) is 5.75 Å². The van der Waals surface area contributed by atoms with Gasteiger partial charge in [0, 0.05) is 19.6 Å². The zero-order valence-corrected chi connectivity index (χ0v) is 15.8. The van der Waals surface area contributed by atoms with E-state index in [4.69, 9.17) is 4.74 Å². The van der Waals surface area contributed by atoms with Gasteiger partial charge in [-0.05, 0) is 56.2 Å². The van der Waals surface area contributed by atoms with Crippen LogP contribution in [-0.2, 0) is 16.0 Å². The van der Waals surface area contributed by atoms with Crippen LogP contribution in [0.3, 0.4) is 0 Å². The number of nitrogens with one attached hydrogen (secondary N) is 2. The average Bonchev–Trinajstić information content (AvgIpc) is 3.26. The molecule has 2 fully saturated rings. The van der Waals surface area contributed by atoms with Crippen molar-refractivity contribution in [3.05, 3.63) is 29.8 Å². The number of para-hydroxylation sites is 1. The number of rotatable bonds is 4. The molecule has 2 N–H and O–H groups in total. The quantitative estimate of drug-likeness (QED) is 0.838. The molecule has 1 aromatic carbocycles. The van der Waals surface area contributed by atoms with Crippen molar-refractivity contribution in [2.75, 3.05) is 32.8 Å². The molecule has 3 heterocycles. The number of likely N-dealkylation sites (tertiary alicyclic amines) is 1. The number of fused-ring (bicyclic) bond motifs is 1. The maximum atomic E-state index is 13.0. The summed E-state index contributed by atoms with van der Waals surface area (Å²) in [7, 11) is 0. The van der Waals surface area contributed by atoms with Crippen molar-refractivity contribution in [3.63, 3.8) is 0 Å². The molecule has 3 atom stereocenters. The molecule has 1 aromatic rings. The lowest BCUT2D eigenvalue weighted by molar-refractivity contribution is -0.138. The van der Waals surface area contributed by atoms with Gasteiger partial charge in [0.25, 0.3) is 0 Å². The summed E-state index contributed by atoms with van der Waals surface area (Å²) in [5.41, 5.74) is 1.12. The van der Waals surface area contributed by atoms with E-state index in [1.54, 1.807) is 0 Å². The summed E-state index contributed by atoms with van der Waals surface area (Å²) in [4.78, 5) is 27.2. The molecule has 4 rings (SSSR count). The first kappa shape index (κ1) is 18.3. The second-order valence-electron chi connectivity index (χ2n) is 8.01. The number of hydrogen-bond acceptors (Lipinski definition) is 4. The van der Waals surface area contributed by atoms with Crippen LogP contribution in [0.2, 0.25) is 0 Å². The van der Waals surface area contributed by atoms with Crippen LogP contribution in [0.25, 0.3) is 0 Å². The molecule has 0 aromatic heterocycles. The van der Waals surface area contributed by atoms with Crippen LogP contribution in [0.1, 0.15) is 31.2 Å². The van der Waals surface area contributed by atoms with Crippen molar-refractivity contribution in [1.29, 1.82) is 0 Å². The predicted molar refractivity (Wildman–Crippen MR) is 102 cm³/mol. The molecular weight excluding hydrogens is 342 g/mol. The number of nitrogens with zero attached hydrogens (tertiary/aromatic N) is 1. The lowest BCUT2D eigenvalue weighted by Gasteiger charge is -2.36. The van der Waals surface area contributed by atoms with E-state index >= 15 is 0 Å². The maximum Gasteiger partial charge on any atom is 0.237 e. The molecule has 146 valence electrons. The lowest BCUT2D eigenvalue weighted by Crippen LogP contribution is -2.49. The largest absolute Gasteiger partial charge is 0.492 e. The lowest BCUT2D eigenvalue weighted by atomic mass is 9.92. The highest BCUT2D eigenvalue weighted by molar-refractivity contribution is 5.82. The van der Waals surface area contributed by atoms with Gasteiger partial charge in [-0.3, -0.25) is 9.59 Å². The highest BCUT2D eigenvalue weighted by Gasteiger charge is 2.32. The van der Waals surface area contributed by atoms with Gasteiger partial charge in [-0.2, -0.15) is 0 Å². The summed E-state index contributed by atoms with van der Waals surface area (Å²) in [5.74, 6) is 1.44. The summed E-state index contributed by atoms with van der Waals surface area (Å²) in [6, 6.07) is 7.93. The van der Waals surface area contributed by atoms with Gasteiger partial charge >= 0.3 is 0 Å². The second kappa shape index (κ2) is 8.30. The molecule has 0 radical (unpaired) electrons. The van der Waals surface area contributed by atoms with E-state index < -0.39 is 0 Å². The van der Waals surface area contributed by atoms with Crippen molar-refractivity contribution in [1.82, 2.24) is 15.5 Å². The van der Waals surface area contributed by atoms with E-state index in [0.29, 0.717) is 19.1 Å². The molecule has 0 saturated carbocycles. The molecule has 6 heteroatoms. The van der Waals surface area contributed by atoms with Crippen molar-refractivity contribution in [3.8, 4) is 5.75 Å². The first-order valence-corrected chi connectivity index (χ1v) is 10.2. The highest BCUT2D eigenvalue weighted by Crippen LogP contribution is 2.28. The number of carbonyl (C=O) groups is 2. The Kier molecular flexibility index (Phi) is 5.62. The Balaban J connectivity index is 1.29. The molecule has 0 spiro atoms. The number of amides is 2. The minimum absolute atomic E-state index is 0.0363. The SMILES string of the molecule is O=C(NCC1CCCN(C(=O)C2COc3ccccc3C2)C1)C1CCCN1. The Labute approximate surface area is 160 Å². The molecular formula is C21H29N3O3. The molecule has 2 amide bonds. The zero-order chi connectivity index (χ0) is 18.6. The van der Waals surface area contributed by atoms with Gasteiger partial charge in [0.05, 0.1) is 12.0 Å². The van der Waals surface area contributed by atoms with Crippen LogP contribution < -0.4 is 15.4 Å². The Bertz CT molecular complexity index is 687. The Morgan fingerprint density at radius 1 is 1.22 bits per heavy atom. The van der Waals surface area contributed by atoms with Crippen LogP contribution in [0.15, 0.2) is 24.3 Å². The maximum absolute atomic E-state index is 13.0. The first-order chi connectivity index (χ1) is 13.2. The number of hydrogen-bond donors (Lipinski definition) is 2. The Morgan fingerprint density at radius 2 is 2.11 bits per heavy atom. The molecule has 3 aliphatic heterocycles. The van der Waals surface area contributed by atoms with E-state index in [9.17, 15) is 9.59 Å². The summed E-state index contributed by atoms with van der Waals surface area (Å²) in [6.07, 6.45) is 4.80. The first-order valence-electron chi connectivity index (χ1n) is 10.2. The van der Waals surface area contributed by atoms with E-state index in [2.05, 4.69) is 10.6 Å². The molecule has 3 aliphatic rings. The van der Waals surface area contributed by atoms with E-state index in [0.717, 1.165) is 63.1 Å². The van der Waals surface area contributed by atoms with Crippen LogP contribution in [0, 0.1) is 11.8 Å². The van der Waals surface area contributed by atoms with Crippen molar-refractivity contribution in [2.45, 2.75) is 38.1 Å². The van der Waals surface area contributed by atoms with Gasteiger partial charge < -0.3 is 20.3 Å². The minimum atomic E-state index is -0.101. The van der Waals surface area contributed by atoms with Gasteiger partial charge in [0.1, 0.15) is 12.4 Å². The van der Waals surface area contributed by atoms with Crippen molar-refractivity contribution in [2.24, 2.45) is 11.8 Å². The van der Waals surface area contributed by atoms with Crippen molar-refractivity contribution >= 4 is 11.8 Å². The molecule has 0 bridgehead atoms. The van der Waals surface area contributed by atoms with E-state index in [1.807, 2.05) is 29.2 Å². The Morgan fingerprint density at radius 3 is 2.96 bits per heavy atom. The highest BCUT2D eigenvalue weighted by atomic mass is 16.5. The third-order valence-corrected chi connectivity index (χ3v) is 6.00. The molecule has 0 aliphatic carbocycles. The predicted octanol–water partition coefficient (Wildman–Crippen LogP) is 1.34. The number of carbonyl (C=O) groups excluding carboxylic acids is 2. The number of ether oxygens (including phenoxy) is 1. The summed E-state index contributed by atoms with van der Waals surface area (Å²) in [5, 5.41) is 6.31. The topological polar surface area (TPSA) is 70.7 Å². The van der Waals surface area contributed by atoms with Gasteiger partial charge in [0.2, 0.25) is 11.8 Å². The van der Waals surface area contributed by atoms with Crippen LogP contribution >= 0.6 is 0 Å². The average molecular weight is 371 g/mol. The van der Waals surface area contributed by atoms with E-state index in [1.165, 1.54) is 0 Å². The minimum Gasteiger partial charge on any atom is -0.492 e. The normalized spacial score (nSPS) is 27.6. The molecule has 27 heavy (non-hydrogen) atoms. The van der Waals surface area contributed by atoms with Gasteiger partial charge in [0.15, 0.2) is 0 Å². The van der Waals surface area contributed by atoms with Gasteiger partial charge in [-0.15, -0.1) is 0 Å². The molecule has 3 unspecified atom stereocenters. The fourth-order valence-corrected chi connectivity index (χ4v) is 4.45. The molecule has 2 saturated heterocycles. The smallest absolute Gasteiger partial charge is 0.237 e. The number of benzene rings is 1. The van der Waals surface area contributed by atoms with Gasteiger partial charge in [-0.25, -0.2) is 0 Å². The summed E-state index contributed by atoms with van der Waals surface area (Å²) < 4.78 is 5.80. The fraction of sp³-hybridized carbons (Fsp3) is 0.619. The van der Waals surface area contributed by atoms with Crippen LogP contribution in [-0.4, -0.2) is 55.5 Å². The fourth-order valence-electron chi connectivity index (χ4n) is 4.45. The van der Waals surface area contributed by atoms with Crippen molar-refractivity contribution < 1.29 is 14.3 Å². The van der Waals surface area contributed by atoms with Crippen LogP contribution in [0.4, 0.5) is 0 Å². The second-order valence-corrected chi connectivity index (χ2v) is 8.01. The third kappa shape index (κ3) is 4.26. The van der Waals surface area contributed by atoms with E-state index in [-0.39, 0.29) is 23.8 Å². The standard InChI is InChI=1S/C21H29N3O3/c25-20(18-7-3-9-22-18)23-12-15-5-4-10-24(13-15)21(26)17-11-16-6-1-2-8-19(16)27-14-17/h1-2,6,8,15,17-18,22H,3-5,7,9-14H2,(H,23,25). The summed E-state index contributed by atoms with van der Waals surface area (Å²) in [6.45, 7) is 3.59. The number of piperidine rings is 1. The Hall–Kier alpha value is -2.08. The zero-order valence-electron chi connectivity index (χ0n) is 15.8. The molecule has 6 nitrogen and oxygen atoms in total. The van der Waals surface area contributed by atoms with Gasteiger partial charge in [-0.1, -0.05) is 18.2 Å². The monoisotopic (exact) mass is 371 g/mol. The third-order valence-electron chi connectivity index (χ3n) is 6.00. The summed E-state index contributed by atoms with van der Waals surface area (Å²) >= 11 is 0.